The third-order valence-electron chi connectivity index (χ3n) is 5.05. The van der Waals surface area contributed by atoms with Crippen LogP contribution in [0, 0.1) is 11.8 Å². The molecule has 132 valence electrons. The Balaban J connectivity index is 1.63. The fraction of sp³-hybridized carbons (Fsp3) is 0.706. The van der Waals surface area contributed by atoms with E-state index in [-0.39, 0.29) is 18.4 Å². The summed E-state index contributed by atoms with van der Waals surface area (Å²) >= 11 is 0. The zero-order valence-electron chi connectivity index (χ0n) is 13.8. The lowest BCUT2D eigenvalue weighted by Crippen LogP contribution is -2.39. The number of carbonyl (C=O) groups excluding carboxylic acids is 1. The maximum atomic E-state index is 12.4. The Morgan fingerprint density at radius 1 is 1.21 bits per heavy atom. The van der Waals surface area contributed by atoms with E-state index < -0.39 is 11.9 Å². The van der Waals surface area contributed by atoms with Gasteiger partial charge in [0.1, 0.15) is 5.76 Å². The Kier molecular flexibility index (Phi) is 5.50. The highest BCUT2D eigenvalue weighted by Crippen LogP contribution is 2.25. The van der Waals surface area contributed by atoms with Crippen molar-refractivity contribution in [2.45, 2.75) is 44.9 Å². The first-order valence-electron chi connectivity index (χ1n) is 8.73. The van der Waals surface area contributed by atoms with Gasteiger partial charge in [0.15, 0.2) is 5.69 Å². The van der Waals surface area contributed by atoms with E-state index in [2.05, 4.69) is 10.5 Å². The van der Waals surface area contributed by atoms with Crippen LogP contribution in [0.5, 0.6) is 0 Å². The summed E-state index contributed by atoms with van der Waals surface area (Å²) in [4.78, 5) is 24.0. The van der Waals surface area contributed by atoms with Crippen molar-refractivity contribution in [1.29, 1.82) is 0 Å². The van der Waals surface area contributed by atoms with Crippen LogP contribution in [0.1, 0.15) is 53.9 Å². The molecule has 7 nitrogen and oxygen atoms in total. The number of fused-ring (bicyclic) bond motifs is 1. The number of carboxylic acids is 1. The molecule has 24 heavy (non-hydrogen) atoms. The van der Waals surface area contributed by atoms with Crippen LogP contribution in [0.4, 0.5) is 0 Å². The van der Waals surface area contributed by atoms with Crippen LogP contribution in [0.3, 0.4) is 0 Å². The Bertz CT molecular complexity index is 592. The van der Waals surface area contributed by atoms with Gasteiger partial charge in [-0.3, -0.25) is 9.59 Å². The number of carboxylic acid groups (broad SMARTS) is 1. The molecule has 0 spiro atoms. The van der Waals surface area contributed by atoms with Crippen LogP contribution in [0.2, 0.25) is 0 Å². The molecule has 1 aromatic heterocycles. The minimum Gasteiger partial charge on any atom is -0.481 e. The average molecular weight is 336 g/mol. The molecule has 0 saturated carbocycles. The molecule has 1 aliphatic heterocycles. The highest BCUT2D eigenvalue weighted by molar-refractivity contribution is 5.94. The highest BCUT2D eigenvalue weighted by Gasteiger charge is 2.31. The molecule has 0 bridgehead atoms. The molecule has 1 atom stereocenters. The maximum absolute atomic E-state index is 12.4. The third kappa shape index (κ3) is 3.77. The minimum absolute atomic E-state index is 0.0333. The number of aliphatic carboxylic acids is 1. The van der Waals surface area contributed by atoms with Gasteiger partial charge in [-0.05, 0) is 38.0 Å². The quantitative estimate of drug-likeness (QED) is 0.795. The second-order valence-corrected chi connectivity index (χ2v) is 6.60. The van der Waals surface area contributed by atoms with Crippen molar-refractivity contribution in [3.63, 3.8) is 0 Å². The number of nitrogens with one attached hydrogen (secondary N) is 1. The third-order valence-corrected chi connectivity index (χ3v) is 5.05. The van der Waals surface area contributed by atoms with E-state index in [0.29, 0.717) is 31.7 Å². The summed E-state index contributed by atoms with van der Waals surface area (Å²) in [5.74, 6) is -0.965. The van der Waals surface area contributed by atoms with Gasteiger partial charge >= 0.3 is 5.97 Å². The van der Waals surface area contributed by atoms with Crippen LogP contribution in [0.15, 0.2) is 4.52 Å². The predicted octanol–water partition coefficient (Wildman–Crippen LogP) is 1.80. The monoisotopic (exact) mass is 336 g/mol. The molecular formula is C17H24N2O5. The molecular weight excluding hydrogens is 312 g/mol. The molecule has 1 saturated heterocycles. The van der Waals surface area contributed by atoms with Crippen LogP contribution in [0.25, 0.3) is 0 Å². The summed E-state index contributed by atoms with van der Waals surface area (Å²) in [5, 5.41) is 16.1. The highest BCUT2D eigenvalue weighted by atomic mass is 16.5. The Morgan fingerprint density at radius 2 is 1.96 bits per heavy atom. The molecule has 2 heterocycles. The van der Waals surface area contributed by atoms with Crippen molar-refractivity contribution in [3.05, 3.63) is 17.0 Å². The van der Waals surface area contributed by atoms with Crippen molar-refractivity contribution in [1.82, 2.24) is 10.5 Å². The van der Waals surface area contributed by atoms with Gasteiger partial charge in [-0.25, -0.2) is 0 Å². The van der Waals surface area contributed by atoms with Gasteiger partial charge in [-0.2, -0.15) is 0 Å². The van der Waals surface area contributed by atoms with Gasteiger partial charge in [-0.1, -0.05) is 11.6 Å². The molecule has 0 radical (unpaired) electrons. The lowest BCUT2D eigenvalue weighted by Gasteiger charge is -2.27. The van der Waals surface area contributed by atoms with E-state index >= 15 is 0 Å². The zero-order valence-corrected chi connectivity index (χ0v) is 13.8. The van der Waals surface area contributed by atoms with Crippen molar-refractivity contribution in [2.24, 2.45) is 11.8 Å². The van der Waals surface area contributed by atoms with Gasteiger partial charge < -0.3 is 19.7 Å². The number of carbonyl (C=O) groups is 2. The summed E-state index contributed by atoms with van der Waals surface area (Å²) in [6.45, 7) is 1.28. The standard InChI is InChI=1S/C17H24N2O5/c20-16(15-12-4-2-1-3-5-14(12)24-19-15)18-10-13(17(21)22)11-6-8-23-9-7-11/h11,13H,1-10H2,(H,18,20)(H,21,22). The normalized spacial score (nSPS) is 20.0. The fourth-order valence-corrected chi connectivity index (χ4v) is 3.60. The summed E-state index contributed by atoms with van der Waals surface area (Å²) in [7, 11) is 0. The summed E-state index contributed by atoms with van der Waals surface area (Å²) in [6.07, 6.45) is 6.23. The average Bonchev–Trinajstić information content (AvgIpc) is 2.84. The van der Waals surface area contributed by atoms with Crippen LogP contribution in [-0.2, 0) is 22.4 Å². The number of hydrogen-bond donors (Lipinski definition) is 2. The molecule has 3 rings (SSSR count). The molecule has 2 aliphatic rings. The van der Waals surface area contributed by atoms with E-state index in [0.717, 1.165) is 43.4 Å². The Labute approximate surface area is 140 Å². The second-order valence-electron chi connectivity index (χ2n) is 6.60. The van der Waals surface area contributed by atoms with Crippen LogP contribution in [-0.4, -0.2) is 41.9 Å². The van der Waals surface area contributed by atoms with Gasteiger partial charge in [-0.15, -0.1) is 0 Å². The molecule has 0 aromatic carbocycles. The van der Waals surface area contributed by atoms with Crippen molar-refractivity contribution < 1.29 is 24.0 Å². The predicted molar refractivity (Wildman–Crippen MR) is 84.8 cm³/mol. The number of hydrogen-bond acceptors (Lipinski definition) is 5. The molecule has 1 fully saturated rings. The maximum Gasteiger partial charge on any atom is 0.308 e. The first kappa shape index (κ1) is 17.0. The first-order valence-corrected chi connectivity index (χ1v) is 8.73. The van der Waals surface area contributed by atoms with Crippen molar-refractivity contribution >= 4 is 11.9 Å². The van der Waals surface area contributed by atoms with Gasteiger partial charge in [0.05, 0.1) is 5.92 Å². The van der Waals surface area contributed by atoms with Gasteiger partial charge in [0.25, 0.3) is 5.91 Å². The molecule has 7 heteroatoms. The van der Waals surface area contributed by atoms with Crippen molar-refractivity contribution in [2.75, 3.05) is 19.8 Å². The number of ether oxygens (including phenoxy) is 1. The number of aromatic nitrogens is 1. The van der Waals surface area contributed by atoms with Gasteiger partial charge in [0.2, 0.25) is 0 Å². The molecule has 1 aromatic rings. The number of rotatable bonds is 5. The first-order chi connectivity index (χ1) is 11.7. The van der Waals surface area contributed by atoms with E-state index in [4.69, 9.17) is 9.26 Å². The lowest BCUT2D eigenvalue weighted by molar-refractivity contribution is -0.144. The van der Waals surface area contributed by atoms with E-state index in [9.17, 15) is 14.7 Å². The molecule has 2 N–H and O–H groups in total. The molecule has 1 aliphatic carbocycles. The number of amides is 1. The second kappa shape index (κ2) is 7.79. The molecule has 1 amide bonds. The van der Waals surface area contributed by atoms with Crippen LogP contribution < -0.4 is 5.32 Å². The summed E-state index contributed by atoms with van der Waals surface area (Å²) in [6, 6.07) is 0. The number of aryl methyl sites for hydroxylation is 1. The Hall–Kier alpha value is -1.89. The minimum atomic E-state index is -0.874. The van der Waals surface area contributed by atoms with E-state index in [1.807, 2.05) is 0 Å². The topological polar surface area (TPSA) is 102 Å². The summed E-state index contributed by atoms with van der Waals surface area (Å²) < 4.78 is 10.6. The smallest absolute Gasteiger partial charge is 0.308 e. The summed E-state index contributed by atoms with van der Waals surface area (Å²) in [5.41, 5.74) is 1.21. The number of nitrogens with zero attached hydrogens (tertiary/aromatic N) is 1. The SMILES string of the molecule is O=C(NCC(C(=O)O)C1CCOCC1)c1noc2c1CCCCC2. The van der Waals surface area contributed by atoms with Crippen LogP contribution >= 0.6 is 0 Å². The van der Waals surface area contributed by atoms with E-state index in [1.165, 1.54) is 0 Å². The van der Waals surface area contributed by atoms with Crippen molar-refractivity contribution in [3.8, 4) is 0 Å². The zero-order chi connectivity index (χ0) is 16.9. The lowest BCUT2D eigenvalue weighted by atomic mass is 9.86. The largest absolute Gasteiger partial charge is 0.481 e. The molecule has 1 unspecified atom stereocenters. The Morgan fingerprint density at radius 3 is 2.71 bits per heavy atom. The van der Waals surface area contributed by atoms with Gasteiger partial charge in [0, 0.05) is 31.7 Å². The fourth-order valence-electron chi connectivity index (χ4n) is 3.60. The van der Waals surface area contributed by atoms with E-state index in [1.54, 1.807) is 0 Å².